The molecule has 0 saturated heterocycles. The minimum atomic E-state index is 0. The van der Waals surface area contributed by atoms with E-state index in [0.717, 1.165) is 0 Å². The molecular formula is CH4CrMnNiSiTi. The van der Waals surface area contributed by atoms with Gasteiger partial charge in [0, 0.05) is 83.6 Å². The third-order valence-electron chi connectivity index (χ3n) is 0. The van der Waals surface area contributed by atoms with Crippen molar-refractivity contribution < 1.29 is 72.6 Å². The summed E-state index contributed by atoms with van der Waals surface area (Å²) in [6.07, 6.45) is 0. The fourth-order valence-electron chi connectivity index (χ4n) is 0. The van der Waals surface area contributed by atoms with Crippen LogP contribution in [0.3, 0.4) is 0 Å². The Hall–Kier alpha value is 2.48. The predicted molar refractivity (Wildman–Crippen MR) is 12.5 cm³/mol. The quantitative estimate of drug-likeness (QED) is 0.546. The van der Waals surface area contributed by atoms with E-state index in [0.29, 0.717) is 0 Å². The summed E-state index contributed by atoms with van der Waals surface area (Å²) in [7, 11) is 0. The molecule has 0 N–H and O–H groups in total. The average Bonchev–Trinajstić information content (AvgIpc) is 0. The molecule has 0 aromatic carbocycles. The van der Waals surface area contributed by atoms with E-state index < -0.39 is 0 Å². The van der Waals surface area contributed by atoms with Gasteiger partial charge in [-0.1, -0.05) is 7.43 Å². The molecule has 0 aliphatic rings. The van der Waals surface area contributed by atoms with Crippen LogP contribution < -0.4 is 0 Å². The average molecular weight is 258 g/mol. The minimum absolute atomic E-state index is 0. The third kappa shape index (κ3) is 31.7. The maximum absolute atomic E-state index is 0. The Morgan fingerprint density at radius 2 is 1.00 bits per heavy atom. The van der Waals surface area contributed by atoms with E-state index in [-0.39, 0.29) is 91.0 Å². The molecule has 39 valence electrons. The smallest absolute Gasteiger partial charge is 0 e. The summed E-state index contributed by atoms with van der Waals surface area (Å²) in [5, 5.41) is 0. The summed E-state index contributed by atoms with van der Waals surface area (Å²) >= 11 is 0. The molecule has 0 atom stereocenters. The molecule has 0 unspecified atom stereocenters. The zero-order chi connectivity index (χ0) is 0. The number of hydrogen-bond donors (Lipinski definition) is 0. The second-order valence-electron chi connectivity index (χ2n) is 0. The van der Waals surface area contributed by atoms with Gasteiger partial charge in [0.2, 0.25) is 0 Å². The number of hydrogen-bond acceptors (Lipinski definition) is 0. The molecule has 0 aliphatic heterocycles. The van der Waals surface area contributed by atoms with Crippen molar-refractivity contribution in [2.75, 3.05) is 0 Å². The summed E-state index contributed by atoms with van der Waals surface area (Å²) in [5.41, 5.74) is 0. The predicted octanol–water partition coefficient (Wildman–Crippen LogP) is 0.245. The largest absolute Gasteiger partial charge is 0.0776 e. The first-order valence-corrected chi connectivity index (χ1v) is 0. The van der Waals surface area contributed by atoms with Crippen LogP contribution in [0, 0.1) is 0 Å². The molecular weight excluding hydrogens is 254 g/mol. The van der Waals surface area contributed by atoms with Crippen molar-refractivity contribution in [3.63, 3.8) is 0 Å². The molecule has 0 saturated carbocycles. The van der Waals surface area contributed by atoms with Gasteiger partial charge in [-0.3, -0.25) is 0 Å². The standard InChI is InChI=1S/CH4.Cr.Mn.Ni.Si.Ti/h1H4;;;;;. The molecule has 0 bridgehead atoms. The first kappa shape index (κ1) is 77.3. The fraction of sp³-hybridized carbons (Fsp3) is 1.00. The minimum Gasteiger partial charge on any atom is -0.0776 e. The molecule has 5 radical (unpaired) electrons. The van der Waals surface area contributed by atoms with Crippen molar-refractivity contribution in [3.8, 4) is 0 Å². The van der Waals surface area contributed by atoms with Gasteiger partial charge >= 0.3 is 0 Å². The van der Waals surface area contributed by atoms with Crippen molar-refractivity contribution >= 4 is 11.0 Å². The molecule has 0 aromatic heterocycles. The normalized spacial score (nSPS) is 0. The third-order valence-corrected chi connectivity index (χ3v) is 0. The Morgan fingerprint density at radius 1 is 1.00 bits per heavy atom. The molecule has 0 fully saturated rings. The molecule has 0 aromatic rings. The monoisotopic (exact) mass is 257 g/mol. The zero-order valence-electron chi connectivity index (χ0n) is 2.10. The zero-order valence-corrected chi connectivity index (χ0v) is 8.11. The maximum Gasteiger partial charge on any atom is 0 e. The van der Waals surface area contributed by atoms with Crippen molar-refractivity contribution in [2.45, 2.75) is 7.43 Å². The fourth-order valence-corrected chi connectivity index (χ4v) is 0. The SMILES string of the molecule is C.[Cr].[Mn].[Ni].[Si].[Ti]. The Morgan fingerprint density at radius 3 is 1.00 bits per heavy atom. The van der Waals surface area contributed by atoms with E-state index in [1.165, 1.54) is 0 Å². The van der Waals surface area contributed by atoms with Gasteiger partial charge in [0.25, 0.3) is 0 Å². The van der Waals surface area contributed by atoms with Gasteiger partial charge in [-0.05, 0) is 0 Å². The van der Waals surface area contributed by atoms with Gasteiger partial charge in [0.1, 0.15) is 0 Å². The van der Waals surface area contributed by atoms with Crippen LogP contribution in [0.2, 0.25) is 0 Å². The summed E-state index contributed by atoms with van der Waals surface area (Å²) < 4.78 is 0. The molecule has 0 nitrogen and oxygen atoms in total. The summed E-state index contributed by atoms with van der Waals surface area (Å²) in [6.45, 7) is 0. The van der Waals surface area contributed by atoms with E-state index in [4.69, 9.17) is 0 Å². The molecule has 0 amide bonds. The van der Waals surface area contributed by atoms with Crippen LogP contribution >= 0.6 is 0 Å². The van der Waals surface area contributed by atoms with Crippen LogP contribution in [0.1, 0.15) is 7.43 Å². The van der Waals surface area contributed by atoms with Gasteiger partial charge < -0.3 is 0 Å². The van der Waals surface area contributed by atoms with Gasteiger partial charge in [-0.2, -0.15) is 0 Å². The number of rotatable bonds is 0. The van der Waals surface area contributed by atoms with E-state index in [2.05, 4.69) is 0 Å². The van der Waals surface area contributed by atoms with Crippen LogP contribution in [-0.4, -0.2) is 11.0 Å². The Balaban J connectivity index is 0. The molecule has 0 heterocycles. The Kier molecular flexibility index (Phi) is 658. The Labute approximate surface area is 90.0 Å². The van der Waals surface area contributed by atoms with Crippen LogP contribution in [0.4, 0.5) is 0 Å². The second-order valence-corrected chi connectivity index (χ2v) is 0. The summed E-state index contributed by atoms with van der Waals surface area (Å²) in [6, 6.07) is 0. The van der Waals surface area contributed by atoms with Crippen molar-refractivity contribution in [3.05, 3.63) is 0 Å². The van der Waals surface area contributed by atoms with Gasteiger partial charge in [-0.25, -0.2) is 0 Å². The molecule has 6 heavy (non-hydrogen) atoms. The molecule has 0 rings (SSSR count). The van der Waals surface area contributed by atoms with Crippen LogP contribution in [0.5, 0.6) is 0 Å². The molecule has 5 heteroatoms. The topological polar surface area (TPSA) is 0 Å². The van der Waals surface area contributed by atoms with Gasteiger partial charge in [-0.15, -0.1) is 0 Å². The molecule has 0 spiro atoms. The van der Waals surface area contributed by atoms with E-state index >= 15 is 0 Å². The second kappa shape index (κ2) is 51.1. The van der Waals surface area contributed by atoms with Crippen molar-refractivity contribution in [2.24, 2.45) is 0 Å². The maximum atomic E-state index is 0. The summed E-state index contributed by atoms with van der Waals surface area (Å²) in [4.78, 5) is 0. The van der Waals surface area contributed by atoms with Crippen molar-refractivity contribution in [1.29, 1.82) is 0 Å². The van der Waals surface area contributed by atoms with E-state index in [9.17, 15) is 0 Å². The molecule has 0 aliphatic carbocycles. The van der Waals surface area contributed by atoms with Crippen LogP contribution in [0.15, 0.2) is 0 Å². The van der Waals surface area contributed by atoms with Gasteiger partial charge in [0.15, 0.2) is 0 Å². The Bertz CT molecular complexity index is 15.5. The summed E-state index contributed by atoms with van der Waals surface area (Å²) in [5.74, 6) is 0. The van der Waals surface area contributed by atoms with E-state index in [1.54, 1.807) is 0 Å². The first-order valence-electron chi connectivity index (χ1n) is 0. The van der Waals surface area contributed by atoms with E-state index in [1.807, 2.05) is 0 Å². The van der Waals surface area contributed by atoms with Crippen LogP contribution in [-0.2, 0) is 72.6 Å². The van der Waals surface area contributed by atoms with Crippen molar-refractivity contribution in [1.82, 2.24) is 0 Å². The van der Waals surface area contributed by atoms with Crippen LogP contribution in [0.25, 0.3) is 0 Å². The first-order chi connectivity index (χ1) is 0. The van der Waals surface area contributed by atoms with Gasteiger partial charge in [0.05, 0.1) is 0 Å².